The molecule has 40 heavy (non-hydrogen) atoms. The lowest BCUT2D eigenvalue weighted by Gasteiger charge is -2.30. The fourth-order valence-corrected chi connectivity index (χ4v) is 4.94. The van der Waals surface area contributed by atoms with Crippen molar-refractivity contribution in [2.75, 3.05) is 26.2 Å². The van der Waals surface area contributed by atoms with Gasteiger partial charge in [-0.3, -0.25) is 19.5 Å². The van der Waals surface area contributed by atoms with Gasteiger partial charge in [0.05, 0.1) is 37.7 Å². The maximum Gasteiger partial charge on any atom is 0.170 e. The number of hydrogen-bond acceptors (Lipinski definition) is 7. The van der Waals surface area contributed by atoms with Crippen LogP contribution in [0.4, 0.5) is 0 Å². The van der Waals surface area contributed by atoms with E-state index in [-0.39, 0.29) is 0 Å². The normalized spacial score (nSPS) is 19.1. The van der Waals surface area contributed by atoms with E-state index in [2.05, 4.69) is 53.4 Å². The number of aliphatic imine (C=N–C) groups is 1. The number of hydrazone groups is 1. The maximum absolute atomic E-state index is 11.1. The second-order valence-electron chi connectivity index (χ2n) is 10.7. The monoisotopic (exact) mass is 542 g/mol. The van der Waals surface area contributed by atoms with Crippen LogP contribution in [0.3, 0.4) is 0 Å². The van der Waals surface area contributed by atoms with Crippen molar-refractivity contribution in [2.24, 2.45) is 10.1 Å². The number of rotatable bonds is 4. The number of fused-ring (bicyclic) bond motifs is 1. The summed E-state index contributed by atoms with van der Waals surface area (Å²) < 4.78 is 7.31. The molecule has 0 unspecified atom stereocenters. The average Bonchev–Trinajstić information content (AvgIpc) is 3.15. The molecule has 1 N–H and O–H groups in total. The Morgan fingerprint density at radius 1 is 1.15 bits per heavy atom. The minimum Gasteiger partial charge on any atom is -0.373 e. The Balaban J connectivity index is 0.000000148. The van der Waals surface area contributed by atoms with Crippen LogP contribution in [0.25, 0.3) is 11.1 Å². The highest BCUT2D eigenvalue weighted by atomic mass is 16.5. The first-order chi connectivity index (χ1) is 19.5. The first-order valence-corrected chi connectivity index (χ1v) is 14.3. The summed E-state index contributed by atoms with van der Waals surface area (Å²) in [5.74, 6) is 0. The van der Waals surface area contributed by atoms with E-state index in [4.69, 9.17) is 4.74 Å². The molecule has 5 heterocycles. The fourth-order valence-electron chi connectivity index (χ4n) is 4.94. The molecular weight excluding hydrogens is 500 g/mol. The second-order valence-corrected chi connectivity index (χ2v) is 10.7. The van der Waals surface area contributed by atoms with Crippen LogP contribution in [-0.2, 0) is 17.9 Å². The molecule has 0 bridgehead atoms. The SMILES string of the molecule is CC1(C)CCCCN1.CCN1C=CCC(C2=CC=CC=NC2)=N1.O=Cc1nn2c(c1-c1ccccc1)COCC2. The highest BCUT2D eigenvalue weighted by Gasteiger charge is 2.21. The van der Waals surface area contributed by atoms with E-state index in [0.717, 1.165) is 48.3 Å². The van der Waals surface area contributed by atoms with E-state index in [1.807, 2.05) is 64.6 Å². The molecule has 8 nitrogen and oxygen atoms in total. The third kappa shape index (κ3) is 8.19. The van der Waals surface area contributed by atoms with Crippen LogP contribution >= 0.6 is 0 Å². The summed E-state index contributed by atoms with van der Waals surface area (Å²) in [6, 6.07) is 9.84. The van der Waals surface area contributed by atoms with Crippen molar-refractivity contribution >= 4 is 18.2 Å². The standard InChI is InChI=1S/C13H12N2O2.C12H15N3.C7H15N/c16-8-11-13(10-4-2-1-3-5-10)12-9-17-7-6-15(12)14-11;1-2-15-9-5-7-12(14-15)11-6-3-4-8-13-10-11;1-7(2)5-3-4-6-8-7/h1-5,8H,6-7,9H2;3-6,8-9H,2,7,10H2,1H3;8H,3-6H2,1-2H3. The summed E-state index contributed by atoms with van der Waals surface area (Å²) in [5, 5.41) is 14.3. The van der Waals surface area contributed by atoms with Crippen molar-refractivity contribution in [3.8, 4) is 11.1 Å². The van der Waals surface area contributed by atoms with Crippen molar-refractivity contribution in [2.45, 2.75) is 65.1 Å². The summed E-state index contributed by atoms with van der Waals surface area (Å²) in [5.41, 5.74) is 6.17. The van der Waals surface area contributed by atoms with Gasteiger partial charge in [-0.1, -0.05) is 55.0 Å². The van der Waals surface area contributed by atoms with E-state index < -0.39 is 0 Å². The van der Waals surface area contributed by atoms with Gasteiger partial charge < -0.3 is 10.1 Å². The number of allylic oxidation sites excluding steroid dienone is 4. The lowest BCUT2D eigenvalue weighted by molar-refractivity contribution is 0.0803. The number of hydrogen-bond donors (Lipinski definition) is 1. The molecule has 6 rings (SSSR count). The van der Waals surface area contributed by atoms with Crippen molar-refractivity contribution in [1.29, 1.82) is 0 Å². The number of aldehydes is 1. The summed E-state index contributed by atoms with van der Waals surface area (Å²) in [6.07, 6.45) is 17.9. The quantitative estimate of drug-likeness (QED) is 0.510. The molecule has 0 radical (unpaired) electrons. The molecule has 1 aromatic heterocycles. The number of ether oxygens (including phenoxy) is 1. The molecule has 0 atom stereocenters. The minimum absolute atomic E-state index is 0.429. The van der Waals surface area contributed by atoms with E-state index in [0.29, 0.717) is 31.0 Å². The number of carbonyl (C=O) groups excluding carboxylic acids is 1. The largest absolute Gasteiger partial charge is 0.373 e. The molecule has 1 aromatic carbocycles. The minimum atomic E-state index is 0.429. The first-order valence-electron chi connectivity index (χ1n) is 14.3. The molecule has 8 heteroatoms. The highest BCUT2D eigenvalue weighted by molar-refractivity contribution is 6.02. The Morgan fingerprint density at radius 3 is 2.70 bits per heavy atom. The van der Waals surface area contributed by atoms with Gasteiger partial charge in [0.25, 0.3) is 0 Å². The van der Waals surface area contributed by atoms with Crippen LogP contribution in [0, 0.1) is 0 Å². The Kier molecular flexibility index (Phi) is 10.8. The second kappa shape index (κ2) is 14.7. The first kappa shape index (κ1) is 29.4. The Hall–Kier alpha value is -3.62. The molecule has 2 aromatic rings. The van der Waals surface area contributed by atoms with Crippen LogP contribution in [0.1, 0.15) is 62.6 Å². The topological polar surface area (TPSA) is 84.1 Å². The predicted octanol–water partition coefficient (Wildman–Crippen LogP) is 5.58. The molecule has 1 fully saturated rings. The zero-order chi connectivity index (χ0) is 28.2. The van der Waals surface area contributed by atoms with Gasteiger partial charge in [0.15, 0.2) is 6.29 Å². The number of carbonyl (C=O) groups is 1. The van der Waals surface area contributed by atoms with Gasteiger partial charge in [-0.2, -0.15) is 10.2 Å². The zero-order valence-corrected chi connectivity index (χ0v) is 24.1. The van der Waals surface area contributed by atoms with Gasteiger partial charge in [-0.25, -0.2) is 0 Å². The molecule has 0 amide bonds. The maximum atomic E-state index is 11.1. The van der Waals surface area contributed by atoms with Crippen molar-refractivity contribution in [3.05, 3.63) is 77.8 Å². The highest BCUT2D eigenvalue weighted by Crippen LogP contribution is 2.28. The Labute approximate surface area is 238 Å². The molecule has 212 valence electrons. The van der Waals surface area contributed by atoms with Crippen molar-refractivity contribution in [1.82, 2.24) is 20.1 Å². The van der Waals surface area contributed by atoms with Crippen LogP contribution in [-0.4, -0.2) is 64.8 Å². The molecule has 4 aliphatic heterocycles. The number of benzene rings is 1. The lowest BCUT2D eigenvalue weighted by Crippen LogP contribution is -2.42. The molecular formula is C32H42N6O2. The summed E-state index contributed by atoms with van der Waals surface area (Å²) in [6.45, 7) is 11.4. The van der Waals surface area contributed by atoms with Gasteiger partial charge in [0.1, 0.15) is 5.69 Å². The van der Waals surface area contributed by atoms with Crippen LogP contribution < -0.4 is 5.32 Å². The van der Waals surface area contributed by atoms with Crippen LogP contribution in [0.5, 0.6) is 0 Å². The average molecular weight is 543 g/mol. The van der Waals surface area contributed by atoms with Gasteiger partial charge in [0.2, 0.25) is 0 Å². The fraction of sp³-hybridized carbons (Fsp3) is 0.438. The third-order valence-corrected chi connectivity index (χ3v) is 7.17. The molecule has 0 saturated carbocycles. The van der Waals surface area contributed by atoms with E-state index in [1.54, 1.807) is 0 Å². The number of aromatic nitrogens is 2. The summed E-state index contributed by atoms with van der Waals surface area (Å²) in [4.78, 5) is 15.4. The van der Waals surface area contributed by atoms with Crippen molar-refractivity contribution in [3.63, 3.8) is 0 Å². The van der Waals surface area contributed by atoms with Crippen molar-refractivity contribution < 1.29 is 9.53 Å². The molecule has 0 aliphatic carbocycles. The predicted molar refractivity (Wildman–Crippen MR) is 163 cm³/mol. The Morgan fingerprint density at radius 2 is 2.00 bits per heavy atom. The smallest absolute Gasteiger partial charge is 0.170 e. The van der Waals surface area contributed by atoms with Crippen LogP contribution in [0.15, 0.2) is 76.5 Å². The molecule has 0 spiro atoms. The van der Waals surface area contributed by atoms with E-state index >= 15 is 0 Å². The van der Waals surface area contributed by atoms with Gasteiger partial charge in [-0.15, -0.1) is 0 Å². The summed E-state index contributed by atoms with van der Waals surface area (Å²) >= 11 is 0. The number of nitrogens with zero attached hydrogens (tertiary/aromatic N) is 5. The number of nitrogens with one attached hydrogen (secondary N) is 1. The van der Waals surface area contributed by atoms with E-state index in [1.165, 1.54) is 31.4 Å². The lowest BCUT2D eigenvalue weighted by atomic mass is 9.93. The van der Waals surface area contributed by atoms with Gasteiger partial charge in [-0.05, 0) is 57.4 Å². The third-order valence-electron chi connectivity index (χ3n) is 7.17. The zero-order valence-electron chi connectivity index (χ0n) is 24.1. The Bertz CT molecular complexity index is 1260. The molecule has 4 aliphatic rings. The van der Waals surface area contributed by atoms with Gasteiger partial charge in [0, 0.05) is 36.5 Å². The van der Waals surface area contributed by atoms with Crippen LogP contribution in [0.2, 0.25) is 0 Å². The summed E-state index contributed by atoms with van der Waals surface area (Å²) in [7, 11) is 0. The number of piperidine rings is 1. The molecule has 1 saturated heterocycles. The van der Waals surface area contributed by atoms with E-state index in [9.17, 15) is 4.79 Å². The van der Waals surface area contributed by atoms with Gasteiger partial charge >= 0.3 is 0 Å².